The Balaban J connectivity index is 1.86. The predicted octanol–water partition coefficient (Wildman–Crippen LogP) is 4.14. The SMILES string of the molecule is CC(=O)OCCN(C)c1ccc2ncnc(Nc3cccc(Br)c3)c2c1. The third-order valence-electron chi connectivity index (χ3n) is 3.88. The zero-order chi connectivity index (χ0) is 18.5. The molecular formula is C19H19BrN4O2. The first kappa shape index (κ1) is 18.1. The molecule has 0 aliphatic heterocycles. The van der Waals surface area contributed by atoms with E-state index in [1.54, 1.807) is 6.33 Å². The maximum atomic E-state index is 10.9. The molecule has 0 saturated carbocycles. The Bertz CT molecular complexity index is 932. The maximum Gasteiger partial charge on any atom is 0.302 e. The van der Waals surface area contributed by atoms with Crippen LogP contribution in [-0.4, -0.2) is 36.1 Å². The Labute approximate surface area is 160 Å². The van der Waals surface area contributed by atoms with Crippen LogP contribution in [0, 0.1) is 0 Å². The van der Waals surface area contributed by atoms with Crippen molar-refractivity contribution in [2.75, 3.05) is 30.4 Å². The van der Waals surface area contributed by atoms with Gasteiger partial charge < -0.3 is 15.0 Å². The number of fused-ring (bicyclic) bond motifs is 1. The molecule has 7 heteroatoms. The van der Waals surface area contributed by atoms with Crippen molar-refractivity contribution in [1.29, 1.82) is 0 Å². The number of ether oxygens (including phenoxy) is 1. The summed E-state index contributed by atoms with van der Waals surface area (Å²) < 4.78 is 6.01. The van der Waals surface area contributed by atoms with E-state index in [9.17, 15) is 4.79 Å². The standard InChI is InChI=1S/C19H19BrN4O2/c1-13(25)26-9-8-24(2)16-6-7-18-17(11-16)19(22-12-21-18)23-15-5-3-4-14(20)10-15/h3-7,10-12H,8-9H2,1-2H3,(H,21,22,23). The zero-order valence-electron chi connectivity index (χ0n) is 14.6. The molecule has 0 aliphatic rings. The normalized spacial score (nSPS) is 10.6. The van der Waals surface area contributed by atoms with Crippen LogP contribution in [0.2, 0.25) is 0 Å². The largest absolute Gasteiger partial charge is 0.464 e. The predicted molar refractivity (Wildman–Crippen MR) is 107 cm³/mol. The molecule has 0 spiro atoms. The molecule has 6 nitrogen and oxygen atoms in total. The van der Waals surface area contributed by atoms with Crippen LogP contribution in [0.15, 0.2) is 53.3 Å². The summed E-state index contributed by atoms with van der Waals surface area (Å²) in [5.41, 5.74) is 2.79. The first-order chi connectivity index (χ1) is 12.5. The van der Waals surface area contributed by atoms with Crippen molar-refractivity contribution in [1.82, 2.24) is 9.97 Å². The van der Waals surface area contributed by atoms with E-state index in [4.69, 9.17) is 4.74 Å². The Morgan fingerprint density at radius 1 is 1.23 bits per heavy atom. The van der Waals surface area contributed by atoms with E-state index in [2.05, 4.69) is 31.2 Å². The van der Waals surface area contributed by atoms with Crippen LogP contribution >= 0.6 is 15.9 Å². The number of rotatable bonds is 6. The minimum absolute atomic E-state index is 0.272. The summed E-state index contributed by atoms with van der Waals surface area (Å²) in [6.07, 6.45) is 1.55. The highest BCUT2D eigenvalue weighted by Crippen LogP contribution is 2.27. The van der Waals surface area contributed by atoms with E-state index in [1.165, 1.54) is 6.92 Å². The quantitative estimate of drug-likeness (QED) is 0.611. The number of aromatic nitrogens is 2. The fourth-order valence-corrected chi connectivity index (χ4v) is 2.94. The molecular weight excluding hydrogens is 396 g/mol. The molecule has 0 bridgehead atoms. The summed E-state index contributed by atoms with van der Waals surface area (Å²) in [4.78, 5) is 21.7. The van der Waals surface area contributed by atoms with E-state index in [0.717, 1.165) is 32.6 Å². The Morgan fingerprint density at radius 3 is 2.85 bits per heavy atom. The second kappa shape index (κ2) is 8.14. The first-order valence-corrected chi connectivity index (χ1v) is 8.94. The molecule has 1 N–H and O–H groups in total. The van der Waals surface area contributed by atoms with E-state index < -0.39 is 0 Å². The average Bonchev–Trinajstić information content (AvgIpc) is 2.61. The van der Waals surface area contributed by atoms with Crippen LogP contribution in [0.4, 0.5) is 17.2 Å². The average molecular weight is 415 g/mol. The number of hydrogen-bond acceptors (Lipinski definition) is 6. The molecule has 3 aromatic rings. The maximum absolute atomic E-state index is 10.9. The van der Waals surface area contributed by atoms with Gasteiger partial charge in [0.1, 0.15) is 18.8 Å². The number of anilines is 3. The zero-order valence-corrected chi connectivity index (χ0v) is 16.2. The van der Waals surface area contributed by atoms with Crippen molar-refractivity contribution < 1.29 is 9.53 Å². The lowest BCUT2D eigenvalue weighted by Gasteiger charge is -2.20. The highest BCUT2D eigenvalue weighted by molar-refractivity contribution is 9.10. The van der Waals surface area contributed by atoms with Gasteiger partial charge in [-0.3, -0.25) is 4.79 Å². The van der Waals surface area contributed by atoms with Crippen molar-refractivity contribution in [3.05, 3.63) is 53.3 Å². The molecule has 0 fully saturated rings. The van der Waals surface area contributed by atoms with E-state index in [1.807, 2.05) is 54.4 Å². The summed E-state index contributed by atoms with van der Waals surface area (Å²) in [5, 5.41) is 4.26. The van der Waals surface area contributed by atoms with Crippen LogP contribution < -0.4 is 10.2 Å². The summed E-state index contributed by atoms with van der Waals surface area (Å²) >= 11 is 3.47. The number of halogens is 1. The van der Waals surface area contributed by atoms with Crippen LogP contribution in [0.5, 0.6) is 0 Å². The van der Waals surface area contributed by atoms with Gasteiger partial charge in [0.05, 0.1) is 12.1 Å². The summed E-state index contributed by atoms with van der Waals surface area (Å²) in [6, 6.07) is 13.9. The highest BCUT2D eigenvalue weighted by atomic mass is 79.9. The van der Waals surface area contributed by atoms with Crippen LogP contribution in [0.25, 0.3) is 10.9 Å². The van der Waals surface area contributed by atoms with Gasteiger partial charge in [-0.1, -0.05) is 22.0 Å². The van der Waals surface area contributed by atoms with Crippen molar-refractivity contribution >= 4 is 50.0 Å². The molecule has 0 unspecified atom stereocenters. The smallest absolute Gasteiger partial charge is 0.302 e. The number of carbonyl (C=O) groups is 1. The van der Waals surface area contributed by atoms with Gasteiger partial charge in [-0.2, -0.15) is 0 Å². The molecule has 0 radical (unpaired) electrons. The lowest BCUT2D eigenvalue weighted by atomic mass is 10.2. The number of likely N-dealkylation sites (N-methyl/N-ethyl adjacent to an activating group) is 1. The lowest BCUT2D eigenvalue weighted by molar-refractivity contribution is -0.140. The third-order valence-corrected chi connectivity index (χ3v) is 4.37. The van der Waals surface area contributed by atoms with Crippen molar-refractivity contribution in [3.8, 4) is 0 Å². The van der Waals surface area contributed by atoms with Gasteiger partial charge in [-0.15, -0.1) is 0 Å². The van der Waals surface area contributed by atoms with Gasteiger partial charge in [-0.05, 0) is 36.4 Å². The summed E-state index contributed by atoms with van der Waals surface area (Å²) in [5.74, 6) is 0.467. The molecule has 0 saturated heterocycles. The lowest BCUT2D eigenvalue weighted by Crippen LogP contribution is -2.23. The van der Waals surface area contributed by atoms with Crippen LogP contribution in [0.3, 0.4) is 0 Å². The van der Waals surface area contributed by atoms with Gasteiger partial charge in [0.25, 0.3) is 0 Å². The Hall–Kier alpha value is -2.67. The van der Waals surface area contributed by atoms with Gasteiger partial charge in [-0.25, -0.2) is 9.97 Å². The minimum atomic E-state index is -0.272. The van der Waals surface area contributed by atoms with Crippen LogP contribution in [-0.2, 0) is 9.53 Å². The van der Waals surface area contributed by atoms with Gasteiger partial charge in [0, 0.05) is 35.2 Å². The molecule has 0 atom stereocenters. The fourth-order valence-electron chi connectivity index (χ4n) is 2.54. The number of carbonyl (C=O) groups excluding carboxylic acids is 1. The first-order valence-electron chi connectivity index (χ1n) is 8.15. The van der Waals surface area contributed by atoms with Crippen molar-refractivity contribution in [2.24, 2.45) is 0 Å². The van der Waals surface area contributed by atoms with E-state index in [0.29, 0.717) is 13.2 Å². The number of benzene rings is 2. The second-order valence-electron chi connectivity index (χ2n) is 5.82. The highest BCUT2D eigenvalue weighted by Gasteiger charge is 2.08. The molecule has 1 heterocycles. The van der Waals surface area contributed by atoms with Gasteiger partial charge in [0.2, 0.25) is 0 Å². The second-order valence-corrected chi connectivity index (χ2v) is 6.74. The Morgan fingerprint density at radius 2 is 2.08 bits per heavy atom. The topological polar surface area (TPSA) is 67.3 Å². The number of esters is 1. The summed E-state index contributed by atoms with van der Waals surface area (Å²) in [6.45, 7) is 2.36. The number of nitrogens with one attached hydrogen (secondary N) is 1. The molecule has 2 aromatic carbocycles. The van der Waals surface area contributed by atoms with Crippen molar-refractivity contribution in [2.45, 2.75) is 6.92 Å². The van der Waals surface area contributed by atoms with Crippen LogP contribution in [0.1, 0.15) is 6.92 Å². The monoisotopic (exact) mass is 414 g/mol. The minimum Gasteiger partial charge on any atom is -0.464 e. The third kappa shape index (κ3) is 4.49. The molecule has 3 rings (SSSR count). The molecule has 0 amide bonds. The molecule has 1 aromatic heterocycles. The number of hydrogen-bond donors (Lipinski definition) is 1. The summed E-state index contributed by atoms with van der Waals surface area (Å²) in [7, 11) is 1.95. The molecule has 0 aliphatic carbocycles. The van der Waals surface area contributed by atoms with Gasteiger partial charge in [0.15, 0.2) is 0 Å². The van der Waals surface area contributed by atoms with Gasteiger partial charge >= 0.3 is 5.97 Å². The van der Waals surface area contributed by atoms with E-state index in [-0.39, 0.29) is 5.97 Å². The number of nitrogens with zero attached hydrogens (tertiary/aromatic N) is 3. The molecule has 134 valence electrons. The van der Waals surface area contributed by atoms with Crippen molar-refractivity contribution in [3.63, 3.8) is 0 Å². The molecule has 26 heavy (non-hydrogen) atoms. The Kier molecular flexibility index (Phi) is 5.68. The fraction of sp³-hybridized carbons (Fsp3) is 0.211. The van der Waals surface area contributed by atoms with E-state index >= 15 is 0 Å².